The van der Waals surface area contributed by atoms with Crippen LogP contribution in [0.15, 0.2) is 54.6 Å². The Balaban J connectivity index is 2.17. The molecule has 0 aromatic heterocycles. The average Bonchev–Trinajstić information content (AvgIpc) is 2.47. The molecule has 0 radical (unpaired) electrons. The molecule has 18 heavy (non-hydrogen) atoms. The van der Waals surface area contributed by atoms with Gasteiger partial charge in [0.1, 0.15) is 18.0 Å². The summed E-state index contributed by atoms with van der Waals surface area (Å²) >= 11 is 0. The van der Waals surface area contributed by atoms with Gasteiger partial charge in [0, 0.05) is 0 Å². The van der Waals surface area contributed by atoms with E-state index in [0.717, 1.165) is 5.75 Å². The zero-order chi connectivity index (χ0) is 13.0. The van der Waals surface area contributed by atoms with Crippen molar-refractivity contribution < 1.29 is 14.9 Å². The van der Waals surface area contributed by atoms with Crippen LogP contribution in [0.1, 0.15) is 23.3 Å². The highest BCUT2D eigenvalue weighted by Gasteiger charge is 2.19. The van der Waals surface area contributed by atoms with Crippen molar-refractivity contribution in [3.05, 3.63) is 65.7 Å². The lowest BCUT2D eigenvalue weighted by Gasteiger charge is -2.18. The van der Waals surface area contributed by atoms with Crippen LogP contribution >= 0.6 is 0 Å². The monoisotopic (exact) mass is 244 g/mol. The fraction of sp³-hybridized carbons (Fsp3) is 0.200. The third-order valence-corrected chi connectivity index (χ3v) is 2.90. The highest BCUT2D eigenvalue weighted by atomic mass is 16.5. The Morgan fingerprint density at radius 2 is 1.28 bits per heavy atom. The average molecular weight is 244 g/mol. The Bertz CT molecular complexity index is 479. The van der Waals surface area contributed by atoms with Gasteiger partial charge < -0.3 is 14.9 Å². The third-order valence-electron chi connectivity index (χ3n) is 2.90. The minimum absolute atomic E-state index is 0.659. The Morgan fingerprint density at radius 3 is 1.78 bits per heavy atom. The standard InChI is InChI=1S/C15H16O3/c1-18-13-9-7-12(8-10-13)15(17)14(16)11-5-3-2-4-6-11/h2-10,14-17H,1H3/t14-,15+/m0/s1. The molecule has 0 aliphatic rings. The van der Waals surface area contributed by atoms with Crippen molar-refractivity contribution in [2.75, 3.05) is 7.11 Å². The molecule has 0 saturated carbocycles. The Hall–Kier alpha value is -1.84. The van der Waals surface area contributed by atoms with Gasteiger partial charge in [-0.3, -0.25) is 0 Å². The predicted octanol–water partition coefficient (Wildman–Crippen LogP) is 2.46. The van der Waals surface area contributed by atoms with Gasteiger partial charge in [-0.1, -0.05) is 42.5 Å². The molecule has 2 aromatic rings. The normalized spacial score (nSPS) is 13.9. The molecule has 0 aliphatic carbocycles. The molecule has 94 valence electrons. The van der Waals surface area contributed by atoms with Crippen molar-refractivity contribution in [2.24, 2.45) is 0 Å². The summed E-state index contributed by atoms with van der Waals surface area (Å²) < 4.78 is 5.05. The van der Waals surface area contributed by atoms with Gasteiger partial charge in [-0.15, -0.1) is 0 Å². The molecule has 0 heterocycles. The summed E-state index contributed by atoms with van der Waals surface area (Å²) in [7, 11) is 1.59. The second-order valence-corrected chi connectivity index (χ2v) is 4.07. The third kappa shape index (κ3) is 2.70. The second-order valence-electron chi connectivity index (χ2n) is 4.07. The number of hydrogen-bond donors (Lipinski definition) is 2. The number of aliphatic hydroxyl groups excluding tert-OH is 2. The summed E-state index contributed by atoms with van der Waals surface area (Å²) in [5.74, 6) is 0.722. The SMILES string of the molecule is COc1ccc([C@@H](O)[C@@H](O)c2ccccc2)cc1. The maximum atomic E-state index is 10.1. The first-order valence-corrected chi connectivity index (χ1v) is 5.77. The highest BCUT2D eigenvalue weighted by molar-refractivity contribution is 5.30. The zero-order valence-electron chi connectivity index (χ0n) is 10.2. The van der Waals surface area contributed by atoms with Crippen molar-refractivity contribution in [1.82, 2.24) is 0 Å². The van der Waals surface area contributed by atoms with Gasteiger partial charge in [0.05, 0.1) is 7.11 Å². The molecule has 3 heteroatoms. The fourth-order valence-electron chi connectivity index (χ4n) is 1.82. The van der Waals surface area contributed by atoms with Crippen molar-refractivity contribution in [2.45, 2.75) is 12.2 Å². The van der Waals surface area contributed by atoms with E-state index in [4.69, 9.17) is 4.74 Å². The molecular weight excluding hydrogens is 228 g/mol. The van der Waals surface area contributed by atoms with Crippen LogP contribution in [0.25, 0.3) is 0 Å². The Kier molecular flexibility index (Phi) is 3.97. The molecule has 0 saturated heterocycles. The minimum atomic E-state index is -0.946. The van der Waals surface area contributed by atoms with Gasteiger partial charge in [-0.2, -0.15) is 0 Å². The van der Waals surface area contributed by atoms with E-state index in [9.17, 15) is 10.2 Å². The first-order chi connectivity index (χ1) is 8.72. The van der Waals surface area contributed by atoms with E-state index in [2.05, 4.69) is 0 Å². The van der Waals surface area contributed by atoms with Gasteiger partial charge in [0.15, 0.2) is 0 Å². The Morgan fingerprint density at radius 1 is 0.778 bits per heavy atom. The lowest BCUT2D eigenvalue weighted by Crippen LogP contribution is -2.10. The summed E-state index contributed by atoms with van der Waals surface area (Å²) in [5.41, 5.74) is 1.35. The molecule has 3 nitrogen and oxygen atoms in total. The van der Waals surface area contributed by atoms with Crippen LogP contribution in [0.3, 0.4) is 0 Å². The lowest BCUT2D eigenvalue weighted by molar-refractivity contribution is 0.0172. The van der Waals surface area contributed by atoms with Crippen molar-refractivity contribution in [3.63, 3.8) is 0 Å². The number of aliphatic hydroxyl groups is 2. The molecule has 0 aliphatic heterocycles. The van der Waals surface area contributed by atoms with E-state index in [0.29, 0.717) is 11.1 Å². The van der Waals surface area contributed by atoms with E-state index in [1.807, 2.05) is 18.2 Å². The summed E-state index contributed by atoms with van der Waals surface area (Å²) in [4.78, 5) is 0. The van der Waals surface area contributed by atoms with Gasteiger partial charge in [-0.05, 0) is 23.3 Å². The summed E-state index contributed by atoms with van der Waals surface area (Å²) in [6.45, 7) is 0. The fourth-order valence-corrected chi connectivity index (χ4v) is 1.82. The molecule has 2 atom stereocenters. The molecule has 0 spiro atoms. The van der Waals surface area contributed by atoms with Crippen LogP contribution in [0.5, 0.6) is 5.75 Å². The van der Waals surface area contributed by atoms with E-state index in [1.54, 1.807) is 43.5 Å². The number of benzene rings is 2. The van der Waals surface area contributed by atoms with Crippen LogP contribution in [-0.2, 0) is 0 Å². The van der Waals surface area contributed by atoms with Crippen molar-refractivity contribution in [3.8, 4) is 5.75 Å². The maximum Gasteiger partial charge on any atom is 0.118 e. The van der Waals surface area contributed by atoms with E-state index >= 15 is 0 Å². The molecule has 2 rings (SSSR count). The highest BCUT2D eigenvalue weighted by Crippen LogP contribution is 2.29. The molecule has 0 unspecified atom stereocenters. The van der Waals surface area contributed by atoms with E-state index in [-0.39, 0.29) is 0 Å². The maximum absolute atomic E-state index is 10.1. The number of methoxy groups -OCH3 is 1. The molecule has 0 amide bonds. The largest absolute Gasteiger partial charge is 0.497 e. The van der Waals surface area contributed by atoms with Gasteiger partial charge in [0.2, 0.25) is 0 Å². The summed E-state index contributed by atoms with van der Waals surface area (Å²) in [6, 6.07) is 16.1. The van der Waals surface area contributed by atoms with Crippen LogP contribution in [0.2, 0.25) is 0 Å². The zero-order valence-corrected chi connectivity index (χ0v) is 10.2. The van der Waals surface area contributed by atoms with Crippen molar-refractivity contribution in [1.29, 1.82) is 0 Å². The van der Waals surface area contributed by atoms with Crippen LogP contribution in [0.4, 0.5) is 0 Å². The smallest absolute Gasteiger partial charge is 0.118 e. The molecule has 2 N–H and O–H groups in total. The van der Waals surface area contributed by atoms with E-state index in [1.165, 1.54) is 0 Å². The van der Waals surface area contributed by atoms with Gasteiger partial charge >= 0.3 is 0 Å². The number of hydrogen-bond acceptors (Lipinski definition) is 3. The van der Waals surface area contributed by atoms with Crippen LogP contribution < -0.4 is 4.74 Å². The predicted molar refractivity (Wildman–Crippen MR) is 69.4 cm³/mol. The topological polar surface area (TPSA) is 49.7 Å². The summed E-state index contributed by atoms with van der Waals surface area (Å²) in [6.07, 6.45) is -1.88. The van der Waals surface area contributed by atoms with Crippen molar-refractivity contribution >= 4 is 0 Å². The number of ether oxygens (including phenoxy) is 1. The van der Waals surface area contributed by atoms with Gasteiger partial charge in [-0.25, -0.2) is 0 Å². The quantitative estimate of drug-likeness (QED) is 0.868. The summed E-state index contributed by atoms with van der Waals surface area (Å²) in [5, 5.41) is 20.2. The molecular formula is C15H16O3. The van der Waals surface area contributed by atoms with Crippen LogP contribution in [-0.4, -0.2) is 17.3 Å². The first kappa shape index (κ1) is 12.6. The van der Waals surface area contributed by atoms with E-state index < -0.39 is 12.2 Å². The number of rotatable bonds is 4. The van der Waals surface area contributed by atoms with Gasteiger partial charge in [0.25, 0.3) is 0 Å². The second kappa shape index (κ2) is 5.67. The lowest BCUT2D eigenvalue weighted by atomic mass is 9.98. The van der Waals surface area contributed by atoms with Crippen LogP contribution in [0, 0.1) is 0 Å². The Labute approximate surface area is 106 Å². The molecule has 2 aromatic carbocycles. The molecule has 0 bridgehead atoms. The molecule has 0 fully saturated rings. The first-order valence-electron chi connectivity index (χ1n) is 5.77. The minimum Gasteiger partial charge on any atom is -0.497 e.